The van der Waals surface area contributed by atoms with Crippen LogP contribution >= 0.6 is 0 Å². The third kappa shape index (κ3) is 6.76. The molecule has 3 N–H and O–H groups in total. The molecule has 0 aromatic heterocycles. The van der Waals surface area contributed by atoms with Gasteiger partial charge in [-0.15, -0.1) is 0 Å². The average molecular weight is 282 g/mol. The van der Waals surface area contributed by atoms with Crippen molar-refractivity contribution in [2.24, 2.45) is 5.73 Å². The Balaban J connectivity index is 4.00. The fourth-order valence-corrected chi connectivity index (χ4v) is 2.73. The second-order valence-corrected chi connectivity index (χ2v) is 6.04. The molecule has 0 saturated carbocycles. The van der Waals surface area contributed by atoms with Crippen molar-refractivity contribution in [2.75, 3.05) is 48.1 Å². The van der Waals surface area contributed by atoms with Crippen molar-refractivity contribution in [3.8, 4) is 0 Å². The van der Waals surface area contributed by atoms with Crippen LogP contribution in [0.2, 0.25) is 0 Å². The lowest BCUT2D eigenvalue weighted by Gasteiger charge is -2.27. The fraction of sp³-hybridized carbons (Fsp3) is 1.00. The van der Waals surface area contributed by atoms with Gasteiger partial charge in [0.1, 0.15) is 0 Å². The van der Waals surface area contributed by atoms with Crippen molar-refractivity contribution >= 4 is 9.05 Å². The third-order valence-corrected chi connectivity index (χ3v) is 4.45. The van der Waals surface area contributed by atoms with Crippen molar-refractivity contribution in [2.45, 2.75) is 19.1 Å². The Morgan fingerprint density at radius 2 is 1.67 bits per heavy atom. The molecule has 0 heterocycles. The molecule has 0 amide bonds. The van der Waals surface area contributed by atoms with Gasteiger partial charge in [-0.1, -0.05) is 0 Å². The minimum atomic E-state index is -3.04. The Morgan fingerprint density at radius 1 is 1.06 bits per heavy atom. The van der Waals surface area contributed by atoms with Crippen LogP contribution in [0.4, 0.5) is 0 Å². The predicted octanol–water partition coefficient (Wildman–Crippen LogP) is -0.321. The zero-order valence-electron chi connectivity index (χ0n) is 11.7. The van der Waals surface area contributed by atoms with Crippen LogP contribution in [0.25, 0.3) is 0 Å². The van der Waals surface area contributed by atoms with E-state index in [4.69, 9.17) is 28.2 Å². The first-order valence-corrected chi connectivity index (χ1v) is 7.58. The Morgan fingerprint density at radius 3 is 2.11 bits per heavy atom. The molecular weight excluding hydrogens is 256 g/mol. The first kappa shape index (κ1) is 17.9. The van der Waals surface area contributed by atoms with E-state index in [0.29, 0.717) is 6.54 Å². The molecule has 1 unspecified atom stereocenters. The highest BCUT2D eigenvalue weighted by atomic mass is 28.4. The second-order valence-electron chi connectivity index (χ2n) is 3.58. The lowest BCUT2D eigenvalue weighted by Crippen LogP contribution is -2.49. The Bertz CT molecular complexity index is 187. The molecule has 0 aliphatic carbocycles. The number of hydrogen-bond donors (Lipinski definition) is 2. The summed E-state index contributed by atoms with van der Waals surface area (Å²) >= 11 is 0. The van der Waals surface area contributed by atoms with Gasteiger partial charge in [-0.05, 0) is 19.4 Å². The van der Waals surface area contributed by atoms with Gasteiger partial charge in [0.15, 0.2) is 6.29 Å². The van der Waals surface area contributed by atoms with Crippen molar-refractivity contribution in [3.05, 3.63) is 0 Å². The van der Waals surface area contributed by atoms with E-state index >= 15 is 0 Å². The normalized spacial score (nSPS) is 13.8. The van der Waals surface area contributed by atoms with Gasteiger partial charge in [0.05, 0.1) is 0 Å². The lowest BCUT2D eigenvalue weighted by atomic mass is 10.3. The molecule has 0 aliphatic heterocycles. The van der Waals surface area contributed by atoms with Crippen LogP contribution in [0.3, 0.4) is 0 Å². The van der Waals surface area contributed by atoms with Crippen LogP contribution in [0.15, 0.2) is 0 Å². The molecule has 7 nitrogen and oxygen atoms in total. The molecule has 0 radical (unpaired) electrons. The van der Waals surface area contributed by atoms with E-state index < -0.39 is 15.3 Å². The minimum Gasteiger partial charge on any atom is -0.357 e. The third-order valence-electron chi connectivity index (χ3n) is 2.40. The summed E-state index contributed by atoms with van der Waals surface area (Å²) in [7, 11) is 3.02. The predicted molar refractivity (Wildman–Crippen MR) is 69.8 cm³/mol. The molecule has 1 atom stereocenters. The molecule has 0 bridgehead atoms. The van der Waals surface area contributed by atoms with Gasteiger partial charge in [0.2, 0.25) is 0 Å². The van der Waals surface area contributed by atoms with Gasteiger partial charge in [-0.3, -0.25) is 0 Å². The monoisotopic (exact) mass is 282 g/mol. The van der Waals surface area contributed by atoms with Gasteiger partial charge in [0.25, 0.3) is 0 Å². The van der Waals surface area contributed by atoms with E-state index in [1.54, 1.807) is 7.11 Å². The van der Waals surface area contributed by atoms with E-state index in [1.807, 2.05) is 0 Å². The van der Waals surface area contributed by atoms with Gasteiger partial charge >= 0.3 is 9.05 Å². The maximum atomic E-state index is 5.64. The summed E-state index contributed by atoms with van der Waals surface area (Å²) in [6, 6.07) is 0. The number of nitrogens with two attached hydrogens (primary N) is 1. The molecule has 0 aliphatic rings. The summed E-state index contributed by atoms with van der Waals surface area (Å²) in [5.74, 6) is 0. The van der Waals surface area contributed by atoms with Crippen LogP contribution < -0.4 is 11.1 Å². The van der Waals surface area contributed by atoms with E-state index in [9.17, 15) is 0 Å². The minimum absolute atomic E-state index is 0.406. The Labute approximate surface area is 110 Å². The first-order chi connectivity index (χ1) is 8.67. The fourth-order valence-electron chi connectivity index (χ4n) is 1.40. The molecule has 0 fully saturated rings. The van der Waals surface area contributed by atoms with Crippen molar-refractivity contribution in [3.63, 3.8) is 0 Å². The Kier molecular flexibility index (Phi) is 10.8. The molecule has 8 heteroatoms. The second kappa shape index (κ2) is 10.8. The Hall–Kier alpha value is -0.0631. The van der Waals surface area contributed by atoms with Gasteiger partial charge in [-0.2, -0.15) is 0 Å². The van der Waals surface area contributed by atoms with Crippen molar-refractivity contribution < 1.29 is 22.4 Å². The molecule has 0 aromatic rings. The van der Waals surface area contributed by atoms with Crippen LogP contribution in [0.1, 0.15) is 12.8 Å². The molecule has 0 spiro atoms. The van der Waals surface area contributed by atoms with Crippen LogP contribution in [-0.2, 0) is 22.4 Å². The number of rotatable bonds is 12. The molecule has 18 heavy (non-hydrogen) atoms. The first-order valence-electron chi connectivity index (χ1n) is 5.94. The van der Waals surface area contributed by atoms with Gasteiger partial charge in [0, 0.05) is 41.5 Å². The number of ether oxygens (including phenoxy) is 1. The number of hydrogen-bond acceptors (Lipinski definition) is 7. The van der Waals surface area contributed by atoms with Crippen LogP contribution in [-0.4, -0.2) is 63.4 Å². The molecule has 0 rings (SSSR count). The summed E-state index contributed by atoms with van der Waals surface area (Å²) in [6.45, 7) is 2.31. The van der Waals surface area contributed by atoms with Crippen LogP contribution in [0, 0.1) is 0 Å². The molecule has 0 aromatic carbocycles. The summed E-state index contributed by atoms with van der Waals surface area (Å²) in [5, 5.41) is 3.20. The van der Waals surface area contributed by atoms with E-state index in [0.717, 1.165) is 25.9 Å². The number of methoxy groups -OCH3 is 1. The summed E-state index contributed by atoms with van der Waals surface area (Å²) in [6.07, 6.45) is 1.22. The van der Waals surface area contributed by atoms with E-state index in [2.05, 4.69) is 5.32 Å². The van der Waals surface area contributed by atoms with Crippen molar-refractivity contribution in [1.82, 2.24) is 5.32 Å². The standard InChI is InChI=1S/C10H26N2O5Si/c1-13-10(6-5-8-12-9-7-11)17-18(14-2,15-3)16-4/h10,12H,5-9,11H2,1-4H3. The smallest absolute Gasteiger partial charge is 0.357 e. The summed E-state index contributed by atoms with van der Waals surface area (Å²) in [5.41, 5.74) is 5.38. The largest absolute Gasteiger partial charge is 0.680 e. The highest BCUT2D eigenvalue weighted by molar-refractivity contribution is 6.53. The highest BCUT2D eigenvalue weighted by Crippen LogP contribution is 2.14. The zero-order chi connectivity index (χ0) is 13.9. The molecule has 110 valence electrons. The summed E-state index contributed by atoms with van der Waals surface area (Å²) < 4.78 is 26.4. The topological polar surface area (TPSA) is 84.2 Å². The average Bonchev–Trinajstić information content (AvgIpc) is 2.43. The number of nitrogens with one attached hydrogen (secondary N) is 1. The summed E-state index contributed by atoms with van der Waals surface area (Å²) in [4.78, 5) is 0. The van der Waals surface area contributed by atoms with Crippen molar-refractivity contribution in [1.29, 1.82) is 0 Å². The quantitative estimate of drug-likeness (QED) is 0.288. The lowest BCUT2D eigenvalue weighted by molar-refractivity contribution is -0.128. The van der Waals surface area contributed by atoms with E-state index in [1.165, 1.54) is 21.3 Å². The highest BCUT2D eigenvalue weighted by Gasteiger charge is 2.44. The molecular formula is C10H26N2O5Si. The van der Waals surface area contributed by atoms with Crippen LogP contribution in [0.5, 0.6) is 0 Å². The zero-order valence-corrected chi connectivity index (χ0v) is 12.7. The SMILES string of the molecule is COC(CCCNCCN)O[Si](OC)(OC)OC. The maximum Gasteiger partial charge on any atom is 0.680 e. The maximum absolute atomic E-state index is 5.64. The van der Waals surface area contributed by atoms with E-state index in [-0.39, 0.29) is 0 Å². The molecule has 0 saturated heterocycles. The van der Waals surface area contributed by atoms with Gasteiger partial charge in [-0.25, -0.2) is 0 Å². The van der Waals surface area contributed by atoms with Gasteiger partial charge < -0.3 is 33.5 Å².